The Bertz CT molecular complexity index is 511. The topological polar surface area (TPSA) is 50.7 Å². The first-order chi connectivity index (χ1) is 9.35. The van der Waals surface area contributed by atoms with E-state index in [1.165, 1.54) is 6.07 Å². The van der Waals surface area contributed by atoms with E-state index in [4.69, 9.17) is 5.73 Å². The normalized spacial score (nSPS) is 13.2. The molecule has 3 nitrogen and oxygen atoms in total. The zero-order valence-corrected chi connectivity index (χ0v) is 12.4. The summed E-state index contributed by atoms with van der Waals surface area (Å²) in [5.41, 5.74) is 6.39. The fourth-order valence-corrected chi connectivity index (χ4v) is 1.64. The molecule has 0 aromatic heterocycles. The predicted octanol–water partition coefficient (Wildman–Crippen LogP) is 3.44. The van der Waals surface area contributed by atoms with Gasteiger partial charge in [-0.15, -0.1) is 0 Å². The number of hydrogen-bond donors (Lipinski definition) is 1. The molecule has 0 spiro atoms. The minimum absolute atomic E-state index is 0.212. The van der Waals surface area contributed by atoms with Crippen molar-refractivity contribution in [2.75, 3.05) is 6.54 Å². The van der Waals surface area contributed by atoms with E-state index >= 15 is 0 Å². The number of hydrogen-bond acceptors (Lipinski definition) is 1. The van der Waals surface area contributed by atoms with Crippen LogP contribution in [0.2, 0.25) is 0 Å². The highest BCUT2D eigenvalue weighted by molar-refractivity contribution is 6.07. The molecule has 0 aliphatic rings. The predicted molar refractivity (Wildman–Crippen MR) is 79.3 cm³/mol. The molecule has 0 heterocycles. The Morgan fingerprint density at radius 2 is 1.95 bits per heavy atom. The van der Waals surface area contributed by atoms with Crippen LogP contribution in [0.4, 0.5) is 8.78 Å². The smallest absolute Gasteiger partial charge is 0.159 e. The van der Waals surface area contributed by atoms with E-state index in [1.54, 1.807) is 6.92 Å². The maximum Gasteiger partial charge on any atom is 0.159 e. The SMILES string of the molecule is CCC(N)=NC(=NCC(C)C)c1c(C)cc(F)cc1F. The van der Waals surface area contributed by atoms with Crippen LogP contribution in [0.1, 0.15) is 38.3 Å². The zero-order chi connectivity index (χ0) is 15.3. The molecule has 0 aliphatic carbocycles. The number of amidine groups is 2. The second kappa shape index (κ2) is 7.12. The molecule has 110 valence electrons. The van der Waals surface area contributed by atoms with Gasteiger partial charge in [0.1, 0.15) is 17.5 Å². The average molecular weight is 281 g/mol. The molecular weight excluding hydrogens is 260 g/mol. The molecule has 5 heteroatoms. The van der Waals surface area contributed by atoms with Gasteiger partial charge in [-0.25, -0.2) is 13.8 Å². The summed E-state index contributed by atoms with van der Waals surface area (Å²) in [6.07, 6.45) is 0.544. The van der Waals surface area contributed by atoms with Gasteiger partial charge in [0.25, 0.3) is 0 Å². The highest BCUT2D eigenvalue weighted by atomic mass is 19.1. The van der Waals surface area contributed by atoms with Crippen molar-refractivity contribution in [1.29, 1.82) is 0 Å². The molecule has 0 amide bonds. The van der Waals surface area contributed by atoms with Crippen LogP contribution in [-0.4, -0.2) is 18.2 Å². The van der Waals surface area contributed by atoms with Crippen LogP contribution in [0.25, 0.3) is 0 Å². The number of benzene rings is 1. The first kappa shape index (κ1) is 16.3. The van der Waals surface area contributed by atoms with Crippen LogP contribution < -0.4 is 5.73 Å². The van der Waals surface area contributed by atoms with Crippen molar-refractivity contribution in [3.8, 4) is 0 Å². The molecule has 0 atom stereocenters. The molecule has 0 aliphatic heterocycles. The number of aliphatic imine (C=N–C) groups is 2. The van der Waals surface area contributed by atoms with Crippen LogP contribution >= 0.6 is 0 Å². The summed E-state index contributed by atoms with van der Waals surface area (Å²) in [4.78, 5) is 8.49. The third-order valence-electron chi connectivity index (χ3n) is 2.69. The number of aryl methyl sites for hydroxylation is 1. The van der Waals surface area contributed by atoms with Gasteiger partial charge in [-0.2, -0.15) is 0 Å². The Hall–Kier alpha value is -1.78. The maximum absolute atomic E-state index is 14.0. The molecule has 0 bridgehead atoms. The highest BCUT2D eigenvalue weighted by Crippen LogP contribution is 2.17. The molecule has 1 rings (SSSR count). The maximum atomic E-state index is 14.0. The summed E-state index contributed by atoms with van der Waals surface area (Å²) >= 11 is 0. The van der Waals surface area contributed by atoms with Crippen molar-refractivity contribution < 1.29 is 8.78 Å². The van der Waals surface area contributed by atoms with Crippen LogP contribution in [0, 0.1) is 24.5 Å². The number of nitrogens with two attached hydrogens (primary N) is 1. The lowest BCUT2D eigenvalue weighted by Crippen LogP contribution is -2.16. The fourth-order valence-electron chi connectivity index (χ4n) is 1.64. The lowest BCUT2D eigenvalue weighted by molar-refractivity contribution is 0.579. The van der Waals surface area contributed by atoms with Gasteiger partial charge in [0.15, 0.2) is 5.84 Å². The van der Waals surface area contributed by atoms with Gasteiger partial charge in [0.2, 0.25) is 0 Å². The van der Waals surface area contributed by atoms with Gasteiger partial charge in [-0.1, -0.05) is 20.8 Å². The van der Waals surface area contributed by atoms with Gasteiger partial charge < -0.3 is 5.73 Å². The summed E-state index contributed by atoms with van der Waals surface area (Å²) in [7, 11) is 0. The Kier molecular flexibility index (Phi) is 5.80. The summed E-state index contributed by atoms with van der Waals surface area (Å²) in [6.45, 7) is 7.99. The molecule has 20 heavy (non-hydrogen) atoms. The van der Waals surface area contributed by atoms with Crippen molar-refractivity contribution in [1.82, 2.24) is 0 Å². The Balaban J connectivity index is 3.34. The van der Waals surface area contributed by atoms with E-state index in [1.807, 2.05) is 20.8 Å². The van der Waals surface area contributed by atoms with E-state index in [0.717, 1.165) is 6.07 Å². The average Bonchev–Trinajstić information content (AvgIpc) is 2.34. The van der Waals surface area contributed by atoms with Gasteiger partial charge in [0.05, 0.1) is 5.56 Å². The van der Waals surface area contributed by atoms with Crippen molar-refractivity contribution in [3.05, 3.63) is 34.9 Å². The van der Waals surface area contributed by atoms with Crippen LogP contribution in [0.15, 0.2) is 22.1 Å². The molecule has 1 aromatic carbocycles. The van der Waals surface area contributed by atoms with Crippen LogP contribution in [0.5, 0.6) is 0 Å². The second-order valence-corrected chi connectivity index (χ2v) is 5.09. The van der Waals surface area contributed by atoms with E-state index in [-0.39, 0.29) is 11.4 Å². The van der Waals surface area contributed by atoms with Gasteiger partial charge in [-0.3, -0.25) is 4.99 Å². The van der Waals surface area contributed by atoms with Crippen molar-refractivity contribution >= 4 is 11.7 Å². The zero-order valence-electron chi connectivity index (χ0n) is 12.4. The van der Waals surface area contributed by atoms with Gasteiger partial charge >= 0.3 is 0 Å². The minimum Gasteiger partial charge on any atom is -0.387 e. The van der Waals surface area contributed by atoms with Crippen molar-refractivity contribution in [2.45, 2.75) is 34.1 Å². The summed E-state index contributed by atoms with van der Waals surface area (Å²) in [6, 6.07) is 2.10. The highest BCUT2D eigenvalue weighted by Gasteiger charge is 2.14. The Morgan fingerprint density at radius 1 is 1.30 bits per heavy atom. The van der Waals surface area contributed by atoms with E-state index < -0.39 is 11.6 Å². The van der Waals surface area contributed by atoms with Crippen molar-refractivity contribution in [3.63, 3.8) is 0 Å². The van der Waals surface area contributed by atoms with Crippen LogP contribution in [-0.2, 0) is 0 Å². The quantitative estimate of drug-likeness (QED) is 0.667. The second-order valence-electron chi connectivity index (χ2n) is 5.09. The van der Waals surface area contributed by atoms with E-state index in [0.29, 0.717) is 30.3 Å². The lowest BCUT2D eigenvalue weighted by Gasteiger charge is -2.09. The summed E-state index contributed by atoms with van der Waals surface area (Å²) < 4.78 is 27.2. The Labute approximate surface area is 118 Å². The third-order valence-corrected chi connectivity index (χ3v) is 2.69. The molecular formula is C15H21F2N3. The monoisotopic (exact) mass is 281 g/mol. The number of nitrogens with zero attached hydrogens (tertiary/aromatic N) is 2. The lowest BCUT2D eigenvalue weighted by atomic mass is 10.1. The molecule has 0 radical (unpaired) electrons. The van der Waals surface area contributed by atoms with Crippen molar-refractivity contribution in [2.24, 2.45) is 21.6 Å². The standard InChI is InChI=1S/C15H21F2N3/c1-5-13(18)20-15(19-8-9(2)3)14-10(4)6-11(16)7-12(14)17/h6-7,9H,5,8H2,1-4H3,(H2,18,19,20). The van der Waals surface area contributed by atoms with Gasteiger partial charge in [-0.05, 0) is 24.5 Å². The number of halogens is 2. The fraction of sp³-hybridized carbons (Fsp3) is 0.467. The summed E-state index contributed by atoms with van der Waals surface area (Å²) in [5, 5.41) is 0. The number of rotatable bonds is 4. The third kappa shape index (κ3) is 4.40. The molecule has 0 saturated carbocycles. The van der Waals surface area contributed by atoms with E-state index in [9.17, 15) is 8.78 Å². The molecule has 2 N–H and O–H groups in total. The van der Waals surface area contributed by atoms with E-state index in [2.05, 4.69) is 9.98 Å². The minimum atomic E-state index is -0.669. The molecule has 0 saturated heterocycles. The largest absolute Gasteiger partial charge is 0.387 e. The van der Waals surface area contributed by atoms with Crippen LogP contribution in [0.3, 0.4) is 0 Å². The molecule has 1 aromatic rings. The molecule has 0 fully saturated rings. The molecule has 0 unspecified atom stereocenters. The summed E-state index contributed by atoms with van der Waals surface area (Å²) in [5.74, 6) is -0.368. The Morgan fingerprint density at radius 3 is 2.45 bits per heavy atom. The first-order valence-electron chi connectivity index (χ1n) is 6.68. The first-order valence-corrected chi connectivity index (χ1v) is 6.68. The van der Waals surface area contributed by atoms with Gasteiger partial charge in [0, 0.05) is 19.0 Å².